The van der Waals surface area contributed by atoms with Crippen LogP contribution in [-0.4, -0.2) is 29.7 Å². The first-order chi connectivity index (χ1) is 12.6. The van der Waals surface area contributed by atoms with Gasteiger partial charge in [-0.05, 0) is 11.6 Å². The molecule has 2 heterocycles. The van der Waals surface area contributed by atoms with E-state index in [1.165, 1.54) is 4.68 Å². The van der Waals surface area contributed by atoms with E-state index in [9.17, 15) is 4.79 Å². The summed E-state index contributed by atoms with van der Waals surface area (Å²) in [7, 11) is 3.13. The van der Waals surface area contributed by atoms with E-state index in [-0.39, 0.29) is 5.56 Å². The van der Waals surface area contributed by atoms with Crippen LogP contribution in [0.1, 0.15) is 11.1 Å². The summed E-state index contributed by atoms with van der Waals surface area (Å²) in [5.74, 6) is 1.50. The lowest BCUT2D eigenvalue weighted by molar-refractivity contribution is 0.394. The van der Waals surface area contributed by atoms with Crippen molar-refractivity contribution in [3.63, 3.8) is 0 Å². The van der Waals surface area contributed by atoms with Gasteiger partial charge in [0.25, 0.3) is 5.56 Å². The number of nitrogens with two attached hydrogens (primary N) is 1. The molecule has 1 aliphatic heterocycles. The molecular formula is C19H18N4O3. The smallest absolute Gasteiger partial charge is 0.275 e. The normalized spacial score (nSPS) is 12.6. The third-order valence-electron chi connectivity index (χ3n) is 4.43. The van der Waals surface area contributed by atoms with Gasteiger partial charge in [0.2, 0.25) is 0 Å². The average molecular weight is 350 g/mol. The van der Waals surface area contributed by atoms with Crippen LogP contribution in [0.25, 0.3) is 5.69 Å². The Morgan fingerprint density at radius 1 is 1.12 bits per heavy atom. The van der Waals surface area contributed by atoms with E-state index >= 15 is 0 Å². The maximum atomic E-state index is 12.6. The predicted octanol–water partition coefficient (Wildman–Crippen LogP) is 2.44. The topological polar surface area (TPSA) is 94.6 Å². The average Bonchev–Trinajstić information content (AvgIpc) is 3.21. The van der Waals surface area contributed by atoms with Crippen LogP contribution in [0.15, 0.2) is 52.3 Å². The first-order valence-electron chi connectivity index (χ1n) is 8.10. The fraction of sp³-hybridized carbons (Fsp3) is 0.158. The zero-order valence-electron chi connectivity index (χ0n) is 14.4. The van der Waals surface area contributed by atoms with Crippen LogP contribution >= 0.6 is 0 Å². The molecule has 3 N–H and O–H groups in total. The monoisotopic (exact) mass is 350 g/mol. The summed E-state index contributed by atoms with van der Waals surface area (Å²) in [5.41, 5.74) is 9.67. The molecule has 0 aliphatic carbocycles. The van der Waals surface area contributed by atoms with Crippen molar-refractivity contribution in [2.45, 2.75) is 6.42 Å². The largest absolute Gasteiger partial charge is 0.497 e. The minimum Gasteiger partial charge on any atom is -0.497 e. The molecule has 0 spiro atoms. The third kappa shape index (κ3) is 2.54. The van der Waals surface area contributed by atoms with Gasteiger partial charge in [-0.25, -0.2) is 4.68 Å². The van der Waals surface area contributed by atoms with Gasteiger partial charge >= 0.3 is 0 Å². The molecule has 0 fully saturated rings. The number of H-pyrrole nitrogens is 1. The lowest BCUT2D eigenvalue weighted by atomic mass is 10.1. The second-order valence-corrected chi connectivity index (χ2v) is 5.97. The Bertz CT molecular complexity index is 1060. The number of nitrogens with zero attached hydrogens (tertiary/aromatic N) is 2. The fourth-order valence-electron chi connectivity index (χ4n) is 3.13. The minimum absolute atomic E-state index is 0.282. The number of nitrogens with one attached hydrogen (secondary N) is 1. The highest BCUT2D eigenvalue weighted by atomic mass is 16.5. The van der Waals surface area contributed by atoms with Gasteiger partial charge in [-0.3, -0.25) is 14.9 Å². The standard InChI is InChI=1S/C19H18N4O3/c1-25-13-8-12(9-14(10-13)26-2)23-18(20)17(19(24)22-23)16-7-11-5-3-4-6-15(11)21-16/h3-6,8-10H,7,20H2,1-2H3,(H,22,24). The highest BCUT2D eigenvalue weighted by molar-refractivity contribution is 6.09. The van der Waals surface area contributed by atoms with Gasteiger partial charge in [-0.1, -0.05) is 18.2 Å². The number of benzene rings is 2. The van der Waals surface area contributed by atoms with Crippen LogP contribution in [0.4, 0.5) is 11.5 Å². The van der Waals surface area contributed by atoms with Crippen molar-refractivity contribution in [1.82, 2.24) is 9.78 Å². The highest BCUT2D eigenvalue weighted by Gasteiger charge is 2.23. The van der Waals surface area contributed by atoms with E-state index in [0.29, 0.717) is 40.7 Å². The van der Waals surface area contributed by atoms with E-state index in [2.05, 4.69) is 10.1 Å². The number of nitrogen functional groups attached to an aromatic ring is 1. The molecule has 1 aliphatic rings. The van der Waals surface area contributed by atoms with E-state index in [4.69, 9.17) is 15.2 Å². The molecule has 0 saturated carbocycles. The number of hydrogen-bond acceptors (Lipinski definition) is 5. The van der Waals surface area contributed by atoms with Gasteiger partial charge in [0.1, 0.15) is 22.9 Å². The quantitative estimate of drug-likeness (QED) is 0.755. The second-order valence-electron chi connectivity index (χ2n) is 5.97. The van der Waals surface area contributed by atoms with Gasteiger partial charge in [0.05, 0.1) is 31.3 Å². The highest BCUT2D eigenvalue weighted by Crippen LogP contribution is 2.30. The minimum atomic E-state index is -0.282. The molecular weight excluding hydrogens is 332 g/mol. The van der Waals surface area contributed by atoms with Crippen molar-refractivity contribution < 1.29 is 9.47 Å². The third-order valence-corrected chi connectivity index (χ3v) is 4.43. The molecule has 0 radical (unpaired) electrons. The van der Waals surface area contributed by atoms with Gasteiger partial charge in [-0.15, -0.1) is 0 Å². The number of aromatic amines is 1. The maximum Gasteiger partial charge on any atom is 0.275 e. The van der Waals surface area contributed by atoms with Gasteiger partial charge in [-0.2, -0.15) is 0 Å². The van der Waals surface area contributed by atoms with Crippen molar-refractivity contribution in [3.05, 3.63) is 63.9 Å². The number of aliphatic imine (C=N–C) groups is 1. The van der Waals surface area contributed by atoms with E-state index < -0.39 is 0 Å². The summed E-state index contributed by atoms with van der Waals surface area (Å²) < 4.78 is 12.1. The van der Waals surface area contributed by atoms with Crippen LogP contribution < -0.4 is 20.8 Å². The van der Waals surface area contributed by atoms with Crippen LogP contribution in [0.5, 0.6) is 11.5 Å². The number of para-hydroxylation sites is 1. The second kappa shape index (κ2) is 6.11. The van der Waals surface area contributed by atoms with E-state index in [1.54, 1.807) is 32.4 Å². The molecule has 0 atom stereocenters. The maximum absolute atomic E-state index is 12.6. The van der Waals surface area contributed by atoms with Crippen LogP contribution in [-0.2, 0) is 6.42 Å². The van der Waals surface area contributed by atoms with Crippen molar-refractivity contribution >= 4 is 17.2 Å². The summed E-state index contributed by atoms with van der Waals surface area (Å²) in [4.78, 5) is 17.2. The van der Waals surface area contributed by atoms with Gasteiger partial charge in [0, 0.05) is 24.6 Å². The Morgan fingerprint density at radius 3 is 2.46 bits per heavy atom. The van der Waals surface area contributed by atoms with Gasteiger partial charge < -0.3 is 15.2 Å². The Kier molecular flexibility index (Phi) is 3.76. The number of ether oxygens (including phenoxy) is 2. The van der Waals surface area contributed by atoms with Crippen molar-refractivity contribution in [2.24, 2.45) is 4.99 Å². The Balaban J connectivity index is 1.81. The molecule has 1 aromatic heterocycles. The molecule has 0 unspecified atom stereocenters. The molecule has 4 rings (SSSR count). The molecule has 0 saturated heterocycles. The Labute approximate surface area is 149 Å². The first kappa shape index (κ1) is 16.0. The molecule has 0 amide bonds. The summed E-state index contributed by atoms with van der Waals surface area (Å²) in [6.07, 6.45) is 0.578. The SMILES string of the molecule is COc1cc(OC)cc(-n2[nH]c(=O)c(C3=Nc4ccccc4C3)c2N)c1. The van der Waals surface area contributed by atoms with Crippen LogP contribution in [0.3, 0.4) is 0 Å². The Morgan fingerprint density at radius 2 is 1.81 bits per heavy atom. The molecule has 2 aromatic carbocycles. The molecule has 7 heteroatoms. The lowest BCUT2D eigenvalue weighted by Crippen LogP contribution is -2.14. The van der Waals surface area contributed by atoms with Crippen molar-refractivity contribution in [1.29, 1.82) is 0 Å². The fourth-order valence-corrected chi connectivity index (χ4v) is 3.13. The lowest BCUT2D eigenvalue weighted by Gasteiger charge is -2.10. The zero-order chi connectivity index (χ0) is 18.3. The van der Waals surface area contributed by atoms with Crippen LogP contribution in [0, 0.1) is 0 Å². The van der Waals surface area contributed by atoms with Crippen LogP contribution in [0.2, 0.25) is 0 Å². The Hall–Kier alpha value is -3.48. The zero-order valence-corrected chi connectivity index (χ0v) is 14.4. The molecule has 0 bridgehead atoms. The molecule has 7 nitrogen and oxygen atoms in total. The molecule has 3 aromatic rings. The summed E-state index contributed by atoms with van der Waals surface area (Å²) in [5, 5.41) is 2.78. The number of fused-ring (bicyclic) bond motifs is 1. The van der Waals surface area contributed by atoms with E-state index in [0.717, 1.165) is 11.3 Å². The summed E-state index contributed by atoms with van der Waals surface area (Å²) >= 11 is 0. The summed E-state index contributed by atoms with van der Waals surface area (Å²) in [6, 6.07) is 13.1. The number of rotatable bonds is 4. The van der Waals surface area contributed by atoms with Crippen molar-refractivity contribution in [3.8, 4) is 17.2 Å². The molecule has 26 heavy (non-hydrogen) atoms. The number of methoxy groups -OCH3 is 2. The van der Waals surface area contributed by atoms with Crippen molar-refractivity contribution in [2.75, 3.05) is 20.0 Å². The van der Waals surface area contributed by atoms with E-state index in [1.807, 2.05) is 24.3 Å². The number of anilines is 1. The predicted molar refractivity (Wildman–Crippen MR) is 100 cm³/mol. The molecule has 132 valence electrons. The van der Waals surface area contributed by atoms with Gasteiger partial charge in [0.15, 0.2) is 0 Å². The number of aromatic nitrogens is 2. The number of hydrogen-bond donors (Lipinski definition) is 2. The first-order valence-corrected chi connectivity index (χ1v) is 8.10. The summed E-state index contributed by atoms with van der Waals surface area (Å²) in [6.45, 7) is 0.